The molecular weight excluding hydrogens is 304 g/mol. The van der Waals surface area contributed by atoms with Gasteiger partial charge < -0.3 is 9.15 Å². The van der Waals surface area contributed by atoms with E-state index in [2.05, 4.69) is 20.5 Å². The van der Waals surface area contributed by atoms with Crippen LogP contribution in [0.1, 0.15) is 16.1 Å². The number of anilines is 1. The van der Waals surface area contributed by atoms with Gasteiger partial charge in [-0.05, 0) is 30.4 Å². The Morgan fingerprint density at radius 2 is 2.27 bits per heavy atom. The van der Waals surface area contributed by atoms with Crippen LogP contribution in [0.15, 0.2) is 35.3 Å². The molecule has 0 bridgehead atoms. The van der Waals surface area contributed by atoms with Gasteiger partial charge in [-0.3, -0.25) is 15.1 Å². The predicted octanol–water partition coefficient (Wildman–Crippen LogP) is 2.76. The highest BCUT2D eigenvalue weighted by molar-refractivity contribution is 7.17. The van der Waals surface area contributed by atoms with E-state index in [0.717, 1.165) is 28.2 Å². The fraction of sp³-hybridized carbons (Fsp3) is 0.143. The molecule has 8 heteroatoms. The third-order valence-corrected chi connectivity index (χ3v) is 3.72. The number of hydrogen-bond acceptors (Lipinski definition) is 7. The van der Waals surface area contributed by atoms with E-state index in [1.54, 1.807) is 18.6 Å². The normalized spacial score (nSPS) is 10.5. The Hall–Kier alpha value is -2.74. The van der Waals surface area contributed by atoms with Crippen LogP contribution >= 0.6 is 11.3 Å². The molecule has 3 heterocycles. The summed E-state index contributed by atoms with van der Waals surface area (Å²) in [5.74, 6) is -0.317. The van der Waals surface area contributed by atoms with Crippen LogP contribution in [0.2, 0.25) is 0 Å². The zero-order chi connectivity index (χ0) is 15.5. The number of nitrogens with zero attached hydrogens (tertiary/aromatic N) is 3. The van der Waals surface area contributed by atoms with Crippen molar-refractivity contribution in [3.05, 3.63) is 42.1 Å². The Morgan fingerprint density at radius 1 is 1.41 bits per heavy atom. The lowest BCUT2D eigenvalue weighted by Gasteiger charge is -2.07. The first-order chi connectivity index (χ1) is 10.7. The molecule has 0 saturated heterocycles. The third kappa shape index (κ3) is 2.82. The van der Waals surface area contributed by atoms with Crippen LogP contribution in [0.5, 0.6) is 5.19 Å². The second-order valence-electron chi connectivity index (χ2n) is 4.41. The van der Waals surface area contributed by atoms with Gasteiger partial charge >= 0.3 is 0 Å². The zero-order valence-electron chi connectivity index (χ0n) is 11.9. The van der Waals surface area contributed by atoms with Crippen molar-refractivity contribution in [2.75, 3.05) is 12.4 Å². The highest BCUT2D eigenvalue weighted by Gasteiger charge is 2.16. The van der Waals surface area contributed by atoms with Crippen molar-refractivity contribution in [1.29, 1.82) is 0 Å². The maximum atomic E-state index is 12.5. The van der Waals surface area contributed by atoms with Gasteiger partial charge in [0.15, 0.2) is 0 Å². The number of carbonyl (C=O) groups excluding carboxylic acids is 1. The summed E-state index contributed by atoms with van der Waals surface area (Å²) in [5.41, 5.74) is 2.80. The predicted molar refractivity (Wildman–Crippen MR) is 81.1 cm³/mol. The number of furan rings is 1. The van der Waals surface area contributed by atoms with Gasteiger partial charge in [-0.2, -0.15) is 0 Å². The van der Waals surface area contributed by atoms with Gasteiger partial charge in [0.25, 0.3) is 11.1 Å². The van der Waals surface area contributed by atoms with Crippen molar-refractivity contribution in [3.63, 3.8) is 0 Å². The van der Waals surface area contributed by atoms with Gasteiger partial charge in [0.2, 0.25) is 5.13 Å². The lowest BCUT2D eigenvalue weighted by molar-refractivity contribution is 0.102. The quantitative estimate of drug-likeness (QED) is 0.796. The second-order valence-corrected chi connectivity index (χ2v) is 5.35. The molecule has 112 valence electrons. The summed E-state index contributed by atoms with van der Waals surface area (Å²) in [5, 5.41) is 11.0. The van der Waals surface area contributed by atoms with E-state index in [1.165, 1.54) is 13.3 Å². The maximum absolute atomic E-state index is 12.5. The van der Waals surface area contributed by atoms with Crippen molar-refractivity contribution in [3.8, 4) is 16.3 Å². The van der Waals surface area contributed by atoms with Gasteiger partial charge in [-0.1, -0.05) is 5.10 Å². The molecule has 3 aromatic rings. The van der Waals surface area contributed by atoms with Crippen LogP contribution in [0.4, 0.5) is 5.13 Å². The highest BCUT2D eigenvalue weighted by Crippen LogP contribution is 2.27. The van der Waals surface area contributed by atoms with Crippen LogP contribution in [-0.2, 0) is 0 Å². The number of amides is 1. The van der Waals surface area contributed by atoms with Gasteiger partial charge in [0.05, 0.1) is 25.2 Å². The first-order valence-electron chi connectivity index (χ1n) is 6.35. The largest absolute Gasteiger partial charge is 0.472 e. The summed E-state index contributed by atoms with van der Waals surface area (Å²) in [7, 11) is 1.49. The molecule has 0 unspecified atom stereocenters. The standard InChI is InChI=1S/C14H12N4O3S/c1-8-5-10(9-3-4-21-7-9)11(6-15-8)12(19)16-13-17-18-14(20-2)22-13/h3-7H,1-2H3,(H,16,17,19). The average molecular weight is 316 g/mol. The monoisotopic (exact) mass is 316 g/mol. The molecule has 1 N–H and O–H groups in total. The Bertz CT molecular complexity index is 798. The highest BCUT2D eigenvalue weighted by atomic mass is 32.1. The van der Waals surface area contributed by atoms with Gasteiger partial charge in [0.1, 0.15) is 0 Å². The fourth-order valence-corrected chi connectivity index (χ4v) is 2.46. The van der Waals surface area contributed by atoms with E-state index in [4.69, 9.17) is 9.15 Å². The Morgan fingerprint density at radius 3 is 2.95 bits per heavy atom. The van der Waals surface area contributed by atoms with E-state index in [9.17, 15) is 4.79 Å². The van der Waals surface area contributed by atoms with Gasteiger partial charge in [-0.25, -0.2) is 0 Å². The molecule has 0 radical (unpaired) electrons. The van der Waals surface area contributed by atoms with Crippen molar-refractivity contribution < 1.29 is 13.9 Å². The van der Waals surface area contributed by atoms with Crippen LogP contribution in [0, 0.1) is 6.92 Å². The van der Waals surface area contributed by atoms with Gasteiger partial charge in [-0.15, -0.1) is 5.10 Å². The lowest BCUT2D eigenvalue weighted by atomic mass is 10.0. The summed E-state index contributed by atoms with van der Waals surface area (Å²) in [4.78, 5) is 16.6. The molecule has 0 atom stereocenters. The molecule has 0 spiro atoms. The van der Waals surface area contributed by atoms with E-state index in [1.807, 2.05) is 13.0 Å². The minimum atomic E-state index is -0.317. The molecule has 0 aromatic carbocycles. The molecule has 3 aromatic heterocycles. The Labute approximate surface area is 130 Å². The number of nitrogens with one attached hydrogen (secondary N) is 1. The Kier molecular flexibility index (Phi) is 3.84. The number of hydrogen-bond donors (Lipinski definition) is 1. The molecule has 0 aliphatic rings. The summed E-state index contributed by atoms with van der Waals surface area (Å²) >= 11 is 1.15. The number of methoxy groups -OCH3 is 1. The van der Waals surface area contributed by atoms with Crippen molar-refractivity contribution >= 4 is 22.4 Å². The number of aromatic nitrogens is 3. The maximum Gasteiger partial charge on any atom is 0.295 e. The number of aryl methyl sites for hydroxylation is 1. The SMILES string of the molecule is COc1nnc(NC(=O)c2cnc(C)cc2-c2ccoc2)s1. The molecule has 0 fully saturated rings. The average Bonchev–Trinajstić information content (AvgIpc) is 3.18. The number of pyridine rings is 1. The molecule has 1 amide bonds. The summed E-state index contributed by atoms with van der Waals surface area (Å²) in [6, 6.07) is 3.62. The number of rotatable bonds is 4. The fourth-order valence-electron chi connectivity index (χ4n) is 1.90. The van der Waals surface area contributed by atoms with E-state index in [0.29, 0.717) is 15.9 Å². The van der Waals surface area contributed by atoms with Crippen molar-refractivity contribution in [1.82, 2.24) is 15.2 Å². The second kappa shape index (κ2) is 5.94. The van der Waals surface area contributed by atoms with E-state index in [-0.39, 0.29) is 5.91 Å². The summed E-state index contributed by atoms with van der Waals surface area (Å²) < 4.78 is 10.0. The van der Waals surface area contributed by atoms with Crippen LogP contribution < -0.4 is 10.1 Å². The minimum Gasteiger partial charge on any atom is -0.472 e. The number of ether oxygens (including phenoxy) is 1. The molecule has 0 aliphatic carbocycles. The molecule has 7 nitrogen and oxygen atoms in total. The van der Waals surface area contributed by atoms with E-state index < -0.39 is 0 Å². The lowest BCUT2D eigenvalue weighted by Crippen LogP contribution is -2.13. The molecule has 22 heavy (non-hydrogen) atoms. The summed E-state index contributed by atoms with van der Waals surface area (Å²) in [6.45, 7) is 1.86. The first kappa shape index (κ1) is 14.2. The first-order valence-corrected chi connectivity index (χ1v) is 7.17. The van der Waals surface area contributed by atoms with Crippen LogP contribution in [0.25, 0.3) is 11.1 Å². The molecule has 0 aliphatic heterocycles. The van der Waals surface area contributed by atoms with E-state index >= 15 is 0 Å². The van der Waals surface area contributed by atoms with Crippen LogP contribution in [-0.4, -0.2) is 28.2 Å². The zero-order valence-corrected chi connectivity index (χ0v) is 12.7. The smallest absolute Gasteiger partial charge is 0.295 e. The summed E-state index contributed by atoms with van der Waals surface area (Å²) in [6.07, 6.45) is 4.67. The number of carbonyl (C=O) groups is 1. The molecular formula is C14H12N4O3S. The topological polar surface area (TPSA) is 90.1 Å². The van der Waals surface area contributed by atoms with Gasteiger partial charge in [0, 0.05) is 23.0 Å². The molecule has 0 saturated carbocycles. The molecule has 3 rings (SSSR count). The van der Waals surface area contributed by atoms with Crippen LogP contribution in [0.3, 0.4) is 0 Å². The third-order valence-electron chi connectivity index (χ3n) is 2.92. The van der Waals surface area contributed by atoms with Crippen molar-refractivity contribution in [2.24, 2.45) is 0 Å². The Balaban J connectivity index is 1.92. The minimum absolute atomic E-state index is 0.317. The van der Waals surface area contributed by atoms with Crippen molar-refractivity contribution in [2.45, 2.75) is 6.92 Å².